The molecular formula is C35H45N4O4+. The highest BCUT2D eigenvalue weighted by atomic mass is 16.6. The summed E-state index contributed by atoms with van der Waals surface area (Å²) in [5, 5.41) is 5.81. The lowest BCUT2D eigenvalue weighted by Gasteiger charge is -2.19. The predicted molar refractivity (Wildman–Crippen MR) is 170 cm³/mol. The van der Waals surface area contributed by atoms with Gasteiger partial charge in [0, 0.05) is 12.5 Å². The van der Waals surface area contributed by atoms with Gasteiger partial charge in [-0.15, -0.1) is 0 Å². The van der Waals surface area contributed by atoms with Gasteiger partial charge in [0.25, 0.3) is 5.82 Å². The van der Waals surface area contributed by atoms with Crippen molar-refractivity contribution in [3.05, 3.63) is 89.2 Å². The Hall–Kier alpha value is -4.33. The molecule has 0 aliphatic heterocycles. The van der Waals surface area contributed by atoms with Crippen LogP contribution in [-0.4, -0.2) is 29.0 Å². The number of aromatic nitrogens is 2. The third-order valence-electron chi connectivity index (χ3n) is 7.45. The molecule has 5 rings (SSSR count). The van der Waals surface area contributed by atoms with Gasteiger partial charge in [-0.05, 0) is 74.6 Å². The topological polar surface area (TPSA) is 85.5 Å². The summed E-state index contributed by atoms with van der Waals surface area (Å²) in [4.78, 5) is 25.0. The average molecular weight is 586 g/mol. The Labute approximate surface area is 255 Å². The molecule has 0 radical (unpaired) electrons. The summed E-state index contributed by atoms with van der Waals surface area (Å²) in [5.41, 5.74) is 7.30. The van der Waals surface area contributed by atoms with Crippen LogP contribution in [0.15, 0.2) is 66.7 Å². The Balaban J connectivity index is 0.00000207. The highest BCUT2D eigenvalue weighted by molar-refractivity contribution is 5.79. The zero-order chi connectivity index (χ0) is 31.1. The van der Waals surface area contributed by atoms with E-state index in [0.29, 0.717) is 13.1 Å². The van der Waals surface area contributed by atoms with Crippen LogP contribution in [0.1, 0.15) is 76.9 Å². The monoisotopic (exact) mass is 585 g/mol. The summed E-state index contributed by atoms with van der Waals surface area (Å²) in [6.45, 7) is 16.2. The van der Waals surface area contributed by atoms with Gasteiger partial charge in [0.15, 0.2) is 11.0 Å². The minimum Gasteiger partial charge on any atom is -0.449 e. The highest BCUT2D eigenvalue weighted by Gasteiger charge is 2.29. The van der Waals surface area contributed by atoms with Crippen molar-refractivity contribution in [3.63, 3.8) is 0 Å². The first-order valence-electron chi connectivity index (χ1n) is 15.3. The zero-order valence-electron chi connectivity index (χ0n) is 26.5. The van der Waals surface area contributed by atoms with Crippen LogP contribution in [0.2, 0.25) is 0 Å². The Morgan fingerprint density at radius 1 is 0.860 bits per heavy atom. The van der Waals surface area contributed by atoms with Gasteiger partial charge in [-0.1, -0.05) is 68.4 Å². The summed E-state index contributed by atoms with van der Waals surface area (Å²) in [6.07, 6.45) is -0.884. The second kappa shape index (κ2) is 13.8. The summed E-state index contributed by atoms with van der Waals surface area (Å²) in [5.74, 6) is 1.01. The molecule has 2 N–H and O–H groups in total. The lowest BCUT2D eigenvalue weighted by Crippen LogP contribution is -2.41. The molecule has 43 heavy (non-hydrogen) atoms. The molecule has 0 bridgehead atoms. The van der Waals surface area contributed by atoms with Gasteiger partial charge in [0.1, 0.15) is 18.8 Å². The van der Waals surface area contributed by atoms with Gasteiger partial charge in [0.2, 0.25) is 0 Å². The maximum Gasteiger partial charge on any atom is 0.408 e. The van der Waals surface area contributed by atoms with Crippen LogP contribution >= 0.6 is 0 Å². The number of carbonyl (C=O) groups is 2. The van der Waals surface area contributed by atoms with Gasteiger partial charge in [-0.3, -0.25) is 0 Å². The van der Waals surface area contributed by atoms with E-state index in [2.05, 4.69) is 70.0 Å². The van der Waals surface area contributed by atoms with Crippen molar-refractivity contribution in [2.45, 2.75) is 86.2 Å². The number of nitrogens with one attached hydrogen (secondary N) is 2. The predicted octanol–water partition coefficient (Wildman–Crippen LogP) is 7.06. The summed E-state index contributed by atoms with van der Waals surface area (Å²) in [7, 11) is 0. The first-order chi connectivity index (χ1) is 20.7. The number of amides is 2. The molecule has 1 heterocycles. The first kappa shape index (κ1) is 31.6. The molecule has 8 heteroatoms. The van der Waals surface area contributed by atoms with Gasteiger partial charge in [-0.2, -0.15) is 0 Å². The van der Waals surface area contributed by atoms with Crippen LogP contribution in [0.25, 0.3) is 22.2 Å². The Bertz CT molecular complexity index is 1540. The molecule has 3 aromatic carbocycles. The van der Waals surface area contributed by atoms with Crippen LogP contribution in [0.5, 0.6) is 0 Å². The summed E-state index contributed by atoms with van der Waals surface area (Å²) >= 11 is 0. The van der Waals surface area contributed by atoms with Crippen LogP contribution in [0.4, 0.5) is 9.59 Å². The standard InChI is InChI=1S/C33H38N4O4.C2H6/c1-6-36-28-17-16-22(18-29(28)37(7-2)30(36)20-35-32(39)41-33(3,4)5)19-34-31(38)40-21-27-25-14-10-8-12-23(25)24-13-9-11-15-26(24)27;1-2/h8-18,27H,6-7,19-21H2,1-5H3,(H-,34,35,38,39);1-2H3/p+1. The molecule has 1 aliphatic carbocycles. The van der Waals surface area contributed by atoms with E-state index in [1.165, 1.54) is 22.3 Å². The summed E-state index contributed by atoms with van der Waals surface area (Å²) < 4.78 is 15.5. The molecular weight excluding hydrogens is 540 g/mol. The molecule has 8 nitrogen and oxygen atoms in total. The number of benzene rings is 3. The van der Waals surface area contributed by atoms with E-state index < -0.39 is 17.8 Å². The largest absolute Gasteiger partial charge is 0.449 e. The minimum atomic E-state index is -0.558. The molecule has 0 saturated carbocycles. The fourth-order valence-electron chi connectivity index (χ4n) is 5.73. The van der Waals surface area contributed by atoms with Crippen LogP contribution in [0, 0.1) is 0 Å². The van der Waals surface area contributed by atoms with E-state index in [0.717, 1.165) is 35.5 Å². The fourth-order valence-corrected chi connectivity index (χ4v) is 5.73. The molecule has 0 atom stereocenters. The zero-order valence-corrected chi connectivity index (χ0v) is 26.5. The van der Waals surface area contributed by atoms with Gasteiger partial charge in [-0.25, -0.2) is 18.7 Å². The van der Waals surface area contributed by atoms with E-state index in [-0.39, 0.29) is 12.5 Å². The number of hydrogen-bond acceptors (Lipinski definition) is 4. The maximum absolute atomic E-state index is 12.7. The number of carbonyl (C=O) groups excluding carboxylic acids is 2. The first-order valence-corrected chi connectivity index (χ1v) is 15.3. The van der Waals surface area contributed by atoms with Crippen LogP contribution in [0.3, 0.4) is 0 Å². The molecule has 228 valence electrons. The fraction of sp³-hybridized carbons (Fsp3) is 0.400. The molecule has 0 saturated heterocycles. The third kappa shape index (κ3) is 7.01. The molecule has 1 aliphatic rings. The number of aryl methyl sites for hydroxylation is 2. The molecule has 1 aromatic heterocycles. The number of ether oxygens (including phenoxy) is 2. The normalized spacial score (nSPS) is 12.2. The number of fused-ring (bicyclic) bond motifs is 4. The van der Waals surface area contributed by atoms with Crippen molar-refractivity contribution < 1.29 is 23.6 Å². The summed E-state index contributed by atoms with van der Waals surface area (Å²) in [6, 6.07) is 22.8. The van der Waals surface area contributed by atoms with Crippen molar-refractivity contribution in [1.82, 2.24) is 15.2 Å². The van der Waals surface area contributed by atoms with Crippen molar-refractivity contribution in [2.24, 2.45) is 0 Å². The number of alkyl carbamates (subject to hydrolysis) is 2. The molecule has 0 fully saturated rings. The number of hydrogen-bond donors (Lipinski definition) is 2. The number of imidazole rings is 1. The second-order valence-electron chi connectivity index (χ2n) is 11.3. The van der Waals surface area contributed by atoms with Gasteiger partial charge >= 0.3 is 12.2 Å². The SMILES string of the molecule is CC.CCn1c(CNC(=O)OC(C)(C)C)[n+](CC)c2ccc(CNC(=O)OCC3c4ccccc4-c4ccccc43)cc21. The van der Waals surface area contributed by atoms with Crippen LogP contribution in [-0.2, 0) is 35.7 Å². The third-order valence-corrected chi connectivity index (χ3v) is 7.45. The highest BCUT2D eigenvalue weighted by Crippen LogP contribution is 2.44. The van der Waals surface area contributed by atoms with Crippen molar-refractivity contribution in [3.8, 4) is 11.1 Å². The molecule has 0 spiro atoms. The molecule has 2 amide bonds. The quantitative estimate of drug-likeness (QED) is 0.217. The van der Waals surface area contributed by atoms with Crippen molar-refractivity contribution >= 4 is 23.2 Å². The lowest BCUT2D eigenvalue weighted by atomic mass is 9.98. The Kier molecular flexibility index (Phi) is 10.1. The smallest absolute Gasteiger partial charge is 0.408 e. The van der Waals surface area contributed by atoms with Crippen molar-refractivity contribution in [1.29, 1.82) is 0 Å². The Morgan fingerprint density at radius 3 is 2.05 bits per heavy atom. The maximum atomic E-state index is 12.7. The van der Waals surface area contributed by atoms with Gasteiger partial charge < -0.3 is 20.1 Å². The van der Waals surface area contributed by atoms with Gasteiger partial charge in [0.05, 0.1) is 13.1 Å². The van der Waals surface area contributed by atoms with E-state index in [9.17, 15) is 9.59 Å². The second-order valence-corrected chi connectivity index (χ2v) is 11.3. The van der Waals surface area contributed by atoms with E-state index in [1.54, 1.807) is 0 Å². The average Bonchev–Trinajstić information content (AvgIpc) is 3.49. The van der Waals surface area contributed by atoms with E-state index in [1.807, 2.05) is 65.0 Å². The van der Waals surface area contributed by atoms with Crippen molar-refractivity contribution in [2.75, 3.05) is 6.61 Å². The van der Waals surface area contributed by atoms with Crippen LogP contribution < -0.4 is 15.2 Å². The Morgan fingerprint density at radius 2 is 1.47 bits per heavy atom. The minimum absolute atomic E-state index is 0.0227. The lowest BCUT2D eigenvalue weighted by molar-refractivity contribution is -0.676. The van der Waals surface area contributed by atoms with E-state index >= 15 is 0 Å². The number of rotatable bonds is 8. The molecule has 4 aromatic rings. The number of nitrogens with zero attached hydrogens (tertiary/aromatic N) is 2. The molecule has 0 unspecified atom stereocenters. The van der Waals surface area contributed by atoms with E-state index in [4.69, 9.17) is 9.47 Å².